The predicted molar refractivity (Wildman–Crippen MR) is 91.0 cm³/mol. The first-order valence-corrected chi connectivity index (χ1v) is 7.75. The summed E-state index contributed by atoms with van der Waals surface area (Å²) in [5.41, 5.74) is 5.60. The lowest BCUT2D eigenvalue weighted by atomic mass is 10.0. The third-order valence-corrected chi connectivity index (χ3v) is 4.31. The minimum atomic E-state index is -0.985. The lowest BCUT2D eigenvalue weighted by molar-refractivity contribution is -0.132. The van der Waals surface area contributed by atoms with Gasteiger partial charge in [0, 0.05) is 0 Å². The Labute approximate surface area is 144 Å². The van der Waals surface area contributed by atoms with Gasteiger partial charge in [-0.2, -0.15) is 0 Å². The number of aromatic nitrogens is 1. The van der Waals surface area contributed by atoms with Gasteiger partial charge in [0.25, 0.3) is 5.91 Å². The van der Waals surface area contributed by atoms with Gasteiger partial charge in [0.1, 0.15) is 5.82 Å². The number of nitrogen functional groups attached to an aromatic ring is 1. The molecule has 0 bridgehead atoms. The standard InChI is InChI=1S/C16H15Cl2N3O2/c1-16(2)15(22)21(8-9-3-4-10(17)11(18)7-9)14-12(23-16)5-6-13(19)20-14/h3-7H,8H2,1-2H3,(H2,19,20). The molecule has 5 nitrogen and oxygen atoms in total. The highest BCUT2D eigenvalue weighted by Crippen LogP contribution is 2.38. The number of hydrogen-bond donors (Lipinski definition) is 1. The van der Waals surface area contributed by atoms with Gasteiger partial charge in [0.2, 0.25) is 0 Å². The van der Waals surface area contributed by atoms with Crippen molar-refractivity contribution < 1.29 is 9.53 Å². The number of anilines is 2. The average molecular weight is 352 g/mol. The van der Waals surface area contributed by atoms with Gasteiger partial charge in [0.05, 0.1) is 16.6 Å². The molecule has 2 N–H and O–H groups in total. The fourth-order valence-corrected chi connectivity index (χ4v) is 2.75. The summed E-state index contributed by atoms with van der Waals surface area (Å²) in [6, 6.07) is 8.60. The number of carbonyl (C=O) groups is 1. The maximum absolute atomic E-state index is 12.7. The number of ether oxygens (including phenoxy) is 1. The molecule has 0 fully saturated rings. The highest BCUT2D eigenvalue weighted by molar-refractivity contribution is 6.42. The lowest BCUT2D eigenvalue weighted by Crippen LogP contribution is -2.52. The first kappa shape index (κ1) is 15.9. The van der Waals surface area contributed by atoms with Crippen LogP contribution in [0.2, 0.25) is 10.0 Å². The SMILES string of the molecule is CC1(C)Oc2ccc(N)nc2N(Cc2ccc(Cl)c(Cl)c2)C1=O. The molecule has 0 atom stereocenters. The fraction of sp³-hybridized carbons (Fsp3) is 0.250. The average Bonchev–Trinajstić information content (AvgIpc) is 2.48. The zero-order valence-electron chi connectivity index (χ0n) is 12.6. The molecule has 1 aliphatic heterocycles. The minimum Gasteiger partial charge on any atom is -0.474 e. The normalized spacial score (nSPS) is 16.0. The van der Waals surface area contributed by atoms with Gasteiger partial charge < -0.3 is 10.5 Å². The van der Waals surface area contributed by atoms with Crippen LogP contribution in [0.5, 0.6) is 5.75 Å². The zero-order chi connectivity index (χ0) is 16.8. The summed E-state index contributed by atoms with van der Waals surface area (Å²) in [5.74, 6) is 1.04. The molecule has 2 aromatic rings. The largest absolute Gasteiger partial charge is 0.474 e. The molecule has 0 spiro atoms. The first-order valence-electron chi connectivity index (χ1n) is 6.99. The number of amides is 1. The van der Waals surface area contributed by atoms with Crippen molar-refractivity contribution in [1.82, 2.24) is 4.98 Å². The van der Waals surface area contributed by atoms with Crippen LogP contribution in [0.15, 0.2) is 30.3 Å². The lowest BCUT2D eigenvalue weighted by Gasteiger charge is -2.38. The summed E-state index contributed by atoms with van der Waals surface area (Å²) in [6.07, 6.45) is 0. The highest BCUT2D eigenvalue weighted by Gasteiger charge is 2.41. The Morgan fingerprint density at radius 2 is 1.96 bits per heavy atom. The topological polar surface area (TPSA) is 68.5 Å². The Hall–Kier alpha value is -1.98. The number of carbonyl (C=O) groups excluding carboxylic acids is 1. The molecule has 3 rings (SSSR count). The van der Waals surface area contributed by atoms with Crippen molar-refractivity contribution in [2.24, 2.45) is 0 Å². The molecular formula is C16H15Cl2N3O2. The molecule has 0 saturated heterocycles. The maximum atomic E-state index is 12.7. The number of hydrogen-bond acceptors (Lipinski definition) is 4. The number of pyridine rings is 1. The van der Waals surface area contributed by atoms with Gasteiger partial charge in [-0.15, -0.1) is 0 Å². The van der Waals surface area contributed by atoms with E-state index in [4.69, 9.17) is 33.7 Å². The van der Waals surface area contributed by atoms with Crippen LogP contribution in [-0.4, -0.2) is 16.5 Å². The Bertz CT molecular complexity index is 793. The summed E-state index contributed by atoms with van der Waals surface area (Å²) < 4.78 is 5.74. The van der Waals surface area contributed by atoms with Crippen LogP contribution in [0.3, 0.4) is 0 Å². The molecule has 2 heterocycles. The van der Waals surface area contributed by atoms with E-state index in [2.05, 4.69) is 4.98 Å². The van der Waals surface area contributed by atoms with Gasteiger partial charge in [-0.1, -0.05) is 29.3 Å². The van der Waals surface area contributed by atoms with E-state index in [-0.39, 0.29) is 5.91 Å². The van der Waals surface area contributed by atoms with E-state index in [9.17, 15) is 4.79 Å². The molecule has 1 aromatic carbocycles. The molecule has 0 saturated carbocycles. The molecule has 1 aliphatic rings. The molecule has 120 valence electrons. The molecule has 0 aliphatic carbocycles. The van der Waals surface area contributed by atoms with E-state index in [0.717, 1.165) is 5.56 Å². The quantitative estimate of drug-likeness (QED) is 0.895. The number of fused-ring (bicyclic) bond motifs is 1. The molecular weight excluding hydrogens is 337 g/mol. The smallest absolute Gasteiger partial charge is 0.272 e. The van der Waals surface area contributed by atoms with Crippen LogP contribution in [0.25, 0.3) is 0 Å². The number of halogens is 2. The van der Waals surface area contributed by atoms with Crippen molar-refractivity contribution in [1.29, 1.82) is 0 Å². The van der Waals surface area contributed by atoms with E-state index in [1.165, 1.54) is 0 Å². The molecule has 0 radical (unpaired) electrons. The summed E-state index contributed by atoms with van der Waals surface area (Å²) in [6.45, 7) is 3.74. The molecule has 7 heteroatoms. The van der Waals surface area contributed by atoms with Gasteiger partial charge in [-0.25, -0.2) is 4.98 Å². The van der Waals surface area contributed by atoms with Crippen molar-refractivity contribution in [3.8, 4) is 5.75 Å². The van der Waals surface area contributed by atoms with E-state index < -0.39 is 5.60 Å². The summed E-state index contributed by atoms with van der Waals surface area (Å²) in [4.78, 5) is 18.5. The monoisotopic (exact) mass is 351 g/mol. The van der Waals surface area contributed by atoms with E-state index in [1.54, 1.807) is 43.0 Å². The van der Waals surface area contributed by atoms with Crippen molar-refractivity contribution in [2.45, 2.75) is 26.0 Å². The molecule has 1 aromatic heterocycles. The van der Waals surface area contributed by atoms with Crippen LogP contribution >= 0.6 is 23.2 Å². The summed E-state index contributed by atoms with van der Waals surface area (Å²) in [7, 11) is 0. The van der Waals surface area contributed by atoms with E-state index >= 15 is 0 Å². The van der Waals surface area contributed by atoms with Crippen molar-refractivity contribution in [3.63, 3.8) is 0 Å². The molecule has 1 amide bonds. The van der Waals surface area contributed by atoms with Gasteiger partial charge in [0.15, 0.2) is 17.2 Å². The van der Waals surface area contributed by atoms with Crippen molar-refractivity contribution >= 4 is 40.7 Å². The molecule has 23 heavy (non-hydrogen) atoms. The summed E-state index contributed by atoms with van der Waals surface area (Å²) >= 11 is 12.0. The second-order valence-electron chi connectivity index (χ2n) is 5.81. The highest BCUT2D eigenvalue weighted by atomic mass is 35.5. The number of rotatable bonds is 2. The first-order chi connectivity index (χ1) is 10.8. The van der Waals surface area contributed by atoms with Crippen LogP contribution in [0.1, 0.15) is 19.4 Å². The fourth-order valence-electron chi connectivity index (χ4n) is 2.43. The van der Waals surface area contributed by atoms with E-state index in [0.29, 0.717) is 34.0 Å². The van der Waals surface area contributed by atoms with Crippen molar-refractivity contribution in [2.75, 3.05) is 10.6 Å². The van der Waals surface area contributed by atoms with Crippen LogP contribution in [0.4, 0.5) is 11.6 Å². The van der Waals surface area contributed by atoms with Gasteiger partial charge in [-0.05, 0) is 43.7 Å². The van der Waals surface area contributed by atoms with Gasteiger partial charge in [-0.3, -0.25) is 9.69 Å². The number of benzene rings is 1. The number of nitrogens with two attached hydrogens (primary N) is 1. The predicted octanol–water partition coefficient (Wildman–Crippen LogP) is 3.67. The Morgan fingerprint density at radius 3 is 2.65 bits per heavy atom. The number of nitrogens with zero attached hydrogens (tertiary/aromatic N) is 2. The Kier molecular flexibility index (Phi) is 3.86. The Balaban J connectivity index is 2.04. The zero-order valence-corrected chi connectivity index (χ0v) is 14.1. The minimum absolute atomic E-state index is 0.200. The van der Waals surface area contributed by atoms with Crippen LogP contribution in [-0.2, 0) is 11.3 Å². The second kappa shape index (κ2) is 5.58. The Morgan fingerprint density at radius 1 is 1.22 bits per heavy atom. The maximum Gasteiger partial charge on any atom is 0.272 e. The van der Waals surface area contributed by atoms with Crippen LogP contribution < -0.4 is 15.4 Å². The molecule has 0 unspecified atom stereocenters. The third-order valence-electron chi connectivity index (χ3n) is 3.57. The second-order valence-corrected chi connectivity index (χ2v) is 6.62. The summed E-state index contributed by atoms with van der Waals surface area (Å²) in [5, 5.41) is 0.900. The third kappa shape index (κ3) is 2.94. The van der Waals surface area contributed by atoms with Crippen molar-refractivity contribution in [3.05, 3.63) is 45.9 Å². The van der Waals surface area contributed by atoms with E-state index in [1.807, 2.05) is 6.07 Å². The van der Waals surface area contributed by atoms with Crippen LogP contribution in [0, 0.1) is 0 Å². The van der Waals surface area contributed by atoms with Gasteiger partial charge >= 0.3 is 0 Å².